The van der Waals surface area contributed by atoms with Crippen molar-refractivity contribution < 1.29 is 9.90 Å². The van der Waals surface area contributed by atoms with Crippen LogP contribution in [0.15, 0.2) is 72.1 Å². The van der Waals surface area contributed by atoms with Crippen LogP contribution in [0.1, 0.15) is 35.3 Å². The lowest BCUT2D eigenvalue weighted by Gasteiger charge is -2.31. The second kappa shape index (κ2) is 9.93. The number of hydrogen-bond acceptors (Lipinski definition) is 6. The molecule has 35 heavy (non-hydrogen) atoms. The molecule has 0 aromatic carbocycles. The summed E-state index contributed by atoms with van der Waals surface area (Å²) in [4.78, 5) is 37.0. The lowest BCUT2D eigenvalue weighted by Crippen LogP contribution is -2.47. The first-order valence-electron chi connectivity index (χ1n) is 11.9. The number of hydrogen-bond donors (Lipinski definition) is 2. The van der Waals surface area contributed by atoms with Gasteiger partial charge in [-0.25, -0.2) is 0 Å². The second-order valence-electron chi connectivity index (χ2n) is 9.13. The third-order valence-corrected chi connectivity index (χ3v) is 7.17. The van der Waals surface area contributed by atoms with Gasteiger partial charge < -0.3 is 15.0 Å². The molecule has 0 saturated carbocycles. The molecular weight excluding hydrogens is 442 g/mol. The summed E-state index contributed by atoms with van der Waals surface area (Å²) in [5, 5.41) is 13.5. The minimum Gasteiger partial charge on any atom is -0.396 e. The first-order chi connectivity index (χ1) is 17.1. The van der Waals surface area contributed by atoms with Gasteiger partial charge in [-0.3, -0.25) is 24.5 Å². The van der Waals surface area contributed by atoms with E-state index in [-0.39, 0.29) is 36.0 Å². The summed E-state index contributed by atoms with van der Waals surface area (Å²) >= 11 is 0. The van der Waals surface area contributed by atoms with E-state index in [1.54, 1.807) is 24.8 Å². The Morgan fingerprint density at radius 1 is 1.09 bits per heavy atom. The van der Waals surface area contributed by atoms with Crippen molar-refractivity contribution in [2.75, 3.05) is 6.61 Å². The summed E-state index contributed by atoms with van der Waals surface area (Å²) < 4.78 is 1.82. The first kappa shape index (κ1) is 23.1. The molecule has 2 N–H and O–H groups in total. The van der Waals surface area contributed by atoms with Crippen molar-refractivity contribution in [1.82, 2.24) is 24.8 Å². The van der Waals surface area contributed by atoms with E-state index in [1.807, 2.05) is 60.0 Å². The van der Waals surface area contributed by atoms with Crippen LogP contribution in [0.2, 0.25) is 0 Å². The standard InChI is InChI=1S/C27H29N5O3/c1-2-3-20-4-5-23-24-21(16-31(23)27(20)35)22(17-33)25(32(24)15-19-8-12-29-13-9-19)26(34)30-14-18-6-10-28-11-7-18/h2-13,21-22,24-25,33H,14-17H2,1H3,(H,30,34)/b3-2+/t21-,22-,24+,25-/m1/s1. The zero-order valence-corrected chi connectivity index (χ0v) is 19.6. The maximum Gasteiger partial charge on any atom is 0.258 e. The molecule has 8 nitrogen and oxygen atoms in total. The molecule has 5 rings (SSSR count). The first-order valence-corrected chi connectivity index (χ1v) is 11.9. The van der Waals surface area contributed by atoms with Gasteiger partial charge in [0, 0.05) is 74.1 Å². The van der Waals surface area contributed by atoms with Gasteiger partial charge in [-0.1, -0.05) is 12.2 Å². The largest absolute Gasteiger partial charge is 0.396 e. The van der Waals surface area contributed by atoms with Crippen LogP contribution in [0.4, 0.5) is 0 Å². The third-order valence-electron chi connectivity index (χ3n) is 7.17. The van der Waals surface area contributed by atoms with Crippen LogP contribution in [0.25, 0.3) is 6.08 Å². The average molecular weight is 472 g/mol. The Balaban J connectivity index is 1.51. The molecule has 0 bridgehead atoms. The summed E-state index contributed by atoms with van der Waals surface area (Å²) in [6.45, 7) is 3.14. The van der Waals surface area contributed by atoms with E-state index in [9.17, 15) is 14.7 Å². The van der Waals surface area contributed by atoms with Gasteiger partial charge in [-0.2, -0.15) is 0 Å². The zero-order chi connectivity index (χ0) is 24.4. The van der Waals surface area contributed by atoms with Crippen molar-refractivity contribution in [3.8, 4) is 0 Å². The number of aliphatic hydroxyl groups is 1. The molecule has 2 aliphatic heterocycles. The number of carbonyl (C=O) groups excluding carboxylic acids is 1. The highest BCUT2D eigenvalue weighted by Crippen LogP contribution is 2.49. The van der Waals surface area contributed by atoms with Gasteiger partial charge >= 0.3 is 0 Å². The molecule has 1 fully saturated rings. The normalized spacial score (nSPS) is 23.4. The number of nitrogens with one attached hydrogen (secondary N) is 1. The Hall–Kier alpha value is -3.62. The number of allylic oxidation sites excluding steroid dienone is 1. The van der Waals surface area contributed by atoms with Gasteiger partial charge in [0.1, 0.15) is 0 Å². The van der Waals surface area contributed by atoms with Crippen LogP contribution >= 0.6 is 0 Å². The number of fused-ring (bicyclic) bond motifs is 3. The number of likely N-dealkylation sites (tertiary alicyclic amines) is 1. The molecule has 0 spiro atoms. The number of aliphatic hydroxyl groups excluding tert-OH is 1. The summed E-state index contributed by atoms with van der Waals surface area (Å²) in [5.74, 6) is -0.473. The van der Waals surface area contributed by atoms with Gasteiger partial charge in [-0.15, -0.1) is 0 Å². The summed E-state index contributed by atoms with van der Waals surface area (Å²) in [7, 11) is 0. The fourth-order valence-corrected chi connectivity index (χ4v) is 5.60. The zero-order valence-electron chi connectivity index (χ0n) is 19.6. The van der Waals surface area contributed by atoms with Crippen LogP contribution in [0.3, 0.4) is 0 Å². The summed E-state index contributed by atoms with van der Waals surface area (Å²) in [6.07, 6.45) is 10.5. The molecule has 2 aliphatic rings. The van der Waals surface area contributed by atoms with E-state index in [0.29, 0.717) is 25.2 Å². The fraction of sp³-hybridized carbons (Fsp3) is 0.333. The van der Waals surface area contributed by atoms with Gasteiger partial charge in [0.05, 0.1) is 12.1 Å². The molecule has 3 aromatic heterocycles. The fourth-order valence-electron chi connectivity index (χ4n) is 5.60. The predicted octanol–water partition coefficient (Wildman–Crippen LogP) is 2.15. The lowest BCUT2D eigenvalue weighted by molar-refractivity contribution is -0.128. The highest BCUT2D eigenvalue weighted by molar-refractivity contribution is 5.82. The second-order valence-corrected chi connectivity index (χ2v) is 9.13. The monoisotopic (exact) mass is 471 g/mol. The minimum absolute atomic E-state index is 0.0331. The minimum atomic E-state index is -0.524. The average Bonchev–Trinajstić information content (AvgIpc) is 3.41. The highest BCUT2D eigenvalue weighted by atomic mass is 16.3. The Kier molecular flexibility index (Phi) is 6.57. The van der Waals surface area contributed by atoms with Crippen molar-refractivity contribution in [2.24, 2.45) is 11.8 Å². The van der Waals surface area contributed by atoms with E-state index in [2.05, 4.69) is 20.2 Å². The van der Waals surface area contributed by atoms with Crippen molar-refractivity contribution in [2.45, 2.75) is 38.6 Å². The Bertz CT molecular complexity index is 1270. The molecule has 3 aromatic rings. The van der Waals surface area contributed by atoms with Crippen LogP contribution in [0.5, 0.6) is 0 Å². The van der Waals surface area contributed by atoms with Gasteiger partial charge in [0.15, 0.2) is 0 Å². The molecule has 5 heterocycles. The van der Waals surface area contributed by atoms with Crippen LogP contribution in [-0.2, 0) is 24.4 Å². The van der Waals surface area contributed by atoms with Crippen LogP contribution in [-0.4, -0.2) is 43.1 Å². The molecular formula is C27H29N5O3. The number of amides is 1. The van der Waals surface area contributed by atoms with E-state index in [1.165, 1.54) is 0 Å². The van der Waals surface area contributed by atoms with Gasteiger partial charge in [0.2, 0.25) is 5.91 Å². The van der Waals surface area contributed by atoms with Gasteiger partial charge in [-0.05, 0) is 54.4 Å². The Morgan fingerprint density at radius 2 is 1.77 bits per heavy atom. The van der Waals surface area contributed by atoms with E-state index < -0.39 is 6.04 Å². The smallest absolute Gasteiger partial charge is 0.258 e. The van der Waals surface area contributed by atoms with Gasteiger partial charge in [0.25, 0.3) is 5.56 Å². The molecule has 180 valence electrons. The van der Waals surface area contributed by atoms with Crippen LogP contribution in [0, 0.1) is 11.8 Å². The number of carbonyl (C=O) groups is 1. The lowest BCUT2D eigenvalue weighted by atomic mass is 9.88. The molecule has 0 unspecified atom stereocenters. The molecule has 1 saturated heterocycles. The molecule has 8 heteroatoms. The number of nitrogens with zero attached hydrogens (tertiary/aromatic N) is 4. The van der Waals surface area contributed by atoms with Crippen molar-refractivity contribution >= 4 is 12.0 Å². The topological polar surface area (TPSA) is 100 Å². The van der Waals surface area contributed by atoms with Crippen molar-refractivity contribution in [3.63, 3.8) is 0 Å². The quantitative estimate of drug-likeness (QED) is 0.548. The molecule has 1 amide bonds. The van der Waals surface area contributed by atoms with Crippen molar-refractivity contribution in [1.29, 1.82) is 0 Å². The summed E-state index contributed by atoms with van der Waals surface area (Å²) in [6, 6.07) is 10.8. The SMILES string of the molecule is C/C=C/c1ccc2n(c1=O)C[C@@H]1[C@@H](CO)[C@H](C(=O)NCc3ccncc3)N(Cc3ccncc3)[C@H]21. The number of aromatic nitrogens is 3. The van der Waals surface area contributed by atoms with E-state index in [4.69, 9.17) is 0 Å². The molecule has 0 aliphatic carbocycles. The maximum absolute atomic E-state index is 13.6. The Labute approximate surface area is 204 Å². The van der Waals surface area contributed by atoms with Crippen LogP contribution < -0.4 is 10.9 Å². The van der Waals surface area contributed by atoms with E-state index in [0.717, 1.165) is 16.8 Å². The number of rotatable bonds is 7. The third kappa shape index (κ3) is 4.31. The maximum atomic E-state index is 13.6. The highest BCUT2D eigenvalue weighted by Gasteiger charge is 2.55. The van der Waals surface area contributed by atoms with E-state index >= 15 is 0 Å². The Morgan fingerprint density at radius 3 is 2.43 bits per heavy atom. The number of pyridine rings is 3. The summed E-state index contributed by atoms with van der Waals surface area (Å²) in [5.41, 5.74) is 3.49. The van der Waals surface area contributed by atoms with Crippen molar-refractivity contribution in [3.05, 3.63) is 100.0 Å². The molecule has 0 radical (unpaired) electrons. The predicted molar refractivity (Wildman–Crippen MR) is 132 cm³/mol. The molecule has 4 atom stereocenters.